The maximum Gasteiger partial charge on any atom is 0.0991 e. The van der Waals surface area contributed by atoms with Crippen molar-refractivity contribution in [1.29, 1.82) is 0 Å². The molecule has 0 radical (unpaired) electrons. The minimum atomic E-state index is -0.0559. The van der Waals surface area contributed by atoms with Crippen LogP contribution in [0.25, 0.3) is 0 Å². The minimum Gasteiger partial charge on any atom is -0.324 e. The van der Waals surface area contributed by atoms with Crippen LogP contribution in [0.15, 0.2) is 6.07 Å². The molecule has 1 heterocycles. The topological polar surface area (TPSA) is 26.0 Å². The van der Waals surface area contributed by atoms with Crippen LogP contribution in [-0.4, -0.2) is 0 Å². The Kier molecular flexibility index (Phi) is 4.77. The van der Waals surface area contributed by atoms with Crippen LogP contribution in [0.5, 0.6) is 0 Å². The van der Waals surface area contributed by atoms with Gasteiger partial charge in [0.05, 0.1) is 8.67 Å². The third-order valence-electron chi connectivity index (χ3n) is 1.92. The van der Waals surface area contributed by atoms with E-state index in [1.807, 2.05) is 6.07 Å². The molecule has 4 heteroatoms. The van der Waals surface area contributed by atoms with Gasteiger partial charge in [0.1, 0.15) is 0 Å². The van der Waals surface area contributed by atoms with Crippen LogP contribution < -0.4 is 5.73 Å². The number of terminal acetylenes is 1. The van der Waals surface area contributed by atoms with Crippen LogP contribution in [0.3, 0.4) is 0 Å². The molecule has 1 aromatic heterocycles. The van der Waals surface area contributed by atoms with Gasteiger partial charge in [-0.1, -0.05) is 23.2 Å². The van der Waals surface area contributed by atoms with Crippen LogP contribution in [0.2, 0.25) is 8.67 Å². The number of thiophene rings is 1. The quantitative estimate of drug-likeness (QED) is 0.635. The van der Waals surface area contributed by atoms with Crippen molar-refractivity contribution in [3.05, 3.63) is 20.3 Å². The molecular formula is C10H11Cl2NS. The Morgan fingerprint density at radius 3 is 2.79 bits per heavy atom. The van der Waals surface area contributed by atoms with Gasteiger partial charge in [0.2, 0.25) is 0 Å². The molecule has 14 heavy (non-hydrogen) atoms. The van der Waals surface area contributed by atoms with E-state index in [4.69, 9.17) is 35.4 Å². The lowest BCUT2D eigenvalue weighted by atomic mass is 10.1. The van der Waals surface area contributed by atoms with Crippen molar-refractivity contribution >= 4 is 34.5 Å². The highest BCUT2D eigenvalue weighted by Crippen LogP contribution is 2.35. The fourth-order valence-electron chi connectivity index (χ4n) is 1.19. The van der Waals surface area contributed by atoms with E-state index in [1.54, 1.807) is 0 Å². The van der Waals surface area contributed by atoms with Gasteiger partial charge in [-0.3, -0.25) is 0 Å². The average Bonchev–Trinajstić information content (AvgIpc) is 2.45. The third kappa shape index (κ3) is 3.18. The van der Waals surface area contributed by atoms with Crippen LogP contribution >= 0.6 is 34.5 Å². The fourth-order valence-corrected chi connectivity index (χ4v) is 2.78. The van der Waals surface area contributed by atoms with Crippen LogP contribution in [0.1, 0.15) is 30.9 Å². The zero-order chi connectivity index (χ0) is 10.6. The van der Waals surface area contributed by atoms with E-state index in [2.05, 4.69) is 5.92 Å². The van der Waals surface area contributed by atoms with Gasteiger partial charge in [-0.05, 0) is 24.5 Å². The van der Waals surface area contributed by atoms with Crippen LogP contribution in [-0.2, 0) is 0 Å². The molecule has 1 unspecified atom stereocenters. The van der Waals surface area contributed by atoms with Crippen molar-refractivity contribution in [2.75, 3.05) is 0 Å². The standard InChI is InChI=1S/C10H11Cl2NS/c1-2-3-4-5-8(13)7-6-9(11)14-10(7)12/h1,6,8H,3-5,13H2. The molecule has 0 spiro atoms. The lowest BCUT2D eigenvalue weighted by molar-refractivity contribution is 0.623. The number of halogens is 2. The Balaban J connectivity index is 2.56. The summed E-state index contributed by atoms with van der Waals surface area (Å²) in [6, 6.07) is 1.77. The summed E-state index contributed by atoms with van der Waals surface area (Å²) in [6.45, 7) is 0. The molecule has 1 atom stereocenters. The second kappa shape index (κ2) is 5.63. The molecule has 0 aromatic carbocycles. The molecule has 0 fully saturated rings. The molecule has 0 saturated carbocycles. The molecule has 2 N–H and O–H groups in total. The maximum atomic E-state index is 5.97. The van der Waals surface area contributed by atoms with Crippen molar-refractivity contribution in [2.24, 2.45) is 5.73 Å². The van der Waals surface area contributed by atoms with Gasteiger partial charge in [-0.2, -0.15) is 0 Å². The number of rotatable bonds is 4. The molecule has 0 aliphatic heterocycles. The predicted molar refractivity (Wildman–Crippen MR) is 64.0 cm³/mol. The lowest BCUT2D eigenvalue weighted by Gasteiger charge is -2.08. The molecule has 1 nitrogen and oxygen atoms in total. The van der Waals surface area contributed by atoms with Crippen molar-refractivity contribution in [2.45, 2.75) is 25.3 Å². The van der Waals surface area contributed by atoms with Gasteiger partial charge in [0, 0.05) is 12.5 Å². The highest BCUT2D eigenvalue weighted by molar-refractivity contribution is 7.20. The molecule has 0 aliphatic rings. The smallest absolute Gasteiger partial charge is 0.0991 e. The first-order chi connectivity index (χ1) is 6.65. The van der Waals surface area contributed by atoms with E-state index in [-0.39, 0.29) is 6.04 Å². The van der Waals surface area contributed by atoms with E-state index < -0.39 is 0 Å². The summed E-state index contributed by atoms with van der Waals surface area (Å²) in [4.78, 5) is 0. The van der Waals surface area contributed by atoms with E-state index in [0.29, 0.717) is 8.67 Å². The molecule has 1 rings (SSSR count). The first-order valence-electron chi connectivity index (χ1n) is 4.29. The summed E-state index contributed by atoms with van der Waals surface area (Å²) in [5.41, 5.74) is 6.87. The van der Waals surface area contributed by atoms with Gasteiger partial charge in [-0.25, -0.2) is 0 Å². The second-order valence-corrected chi connectivity index (χ2v) is 5.27. The molecule has 0 aliphatic carbocycles. The van der Waals surface area contributed by atoms with Crippen molar-refractivity contribution in [1.82, 2.24) is 0 Å². The fraction of sp³-hybridized carbons (Fsp3) is 0.400. The molecule has 0 bridgehead atoms. The Morgan fingerprint density at radius 1 is 1.57 bits per heavy atom. The second-order valence-electron chi connectivity index (χ2n) is 2.98. The van der Waals surface area contributed by atoms with E-state index in [9.17, 15) is 0 Å². The summed E-state index contributed by atoms with van der Waals surface area (Å²) < 4.78 is 1.36. The summed E-state index contributed by atoms with van der Waals surface area (Å²) in [5, 5.41) is 0. The summed E-state index contributed by atoms with van der Waals surface area (Å²) >= 11 is 13.1. The number of hydrogen-bond donors (Lipinski definition) is 1. The lowest BCUT2D eigenvalue weighted by Crippen LogP contribution is -2.09. The van der Waals surface area contributed by atoms with Crippen molar-refractivity contribution < 1.29 is 0 Å². The molecule has 0 amide bonds. The number of hydrogen-bond acceptors (Lipinski definition) is 2. The number of unbranched alkanes of at least 4 members (excludes halogenated alkanes) is 1. The van der Waals surface area contributed by atoms with E-state index in [1.165, 1.54) is 11.3 Å². The average molecular weight is 248 g/mol. The third-order valence-corrected chi connectivity index (χ3v) is 3.44. The highest BCUT2D eigenvalue weighted by atomic mass is 35.5. The van der Waals surface area contributed by atoms with Gasteiger partial charge in [-0.15, -0.1) is 23.7 Å². The van der Waals surface area contributed by atoms with Crippen LogP contribution in [0.4, 0.5) is 0 Å². The zero-order valence-corrected chi connectivity index (χ0v) is 9.92. The summed E-state index contributed by atoms with van der Waals surface area (Å²) in [7, 11) is 0. The van der Waals surface area contributed by atoms with Crippen LogP contribution in [0, 0.1) is 12.3 Å². The monoisotopic (exact) mass is 247 g/mol. The summed E-state index contributed by atoms with van der Waals surface area (Å²) in [5.74, 6) is 2.58. The Hall–Kier alpha value is -0.200. The predicted octanol–water partition coefficient (Wildman–Crippen LogP) is 3.86. The van der Waals surface area contributed by atoms with E-state index in [0.717, 1.165) is 24.8 Å². The Bertz CT molecular complexity index is 340. The molecule has 1 aromatic rings. The van der Waals surface area contributed by atoms with Crippen molar-refractivity contribution in [3.8, 4) is 12.3 Å². The molecular weight excluding hydrogens is 237 g/mol. The highest BCUT2D eigenvalue weighted by Gasteiger charge is 2.12. The van der Waals surface area contributed by atoms with Gasteiger partial charge < -0.3 is 5.73 Å². The molecule has 76 valence electrons. The molecule has 0 saturated heterocycles. The first kappa shape index (κ1) is 11.9. The normalized spacial score (nSPS) is 12.4. The largest absolute Gasteiger partial charge is 0.324 e. The zero-order valence-electron chi connectivity index (χ0n) is 7.59. The maximum absolute atomic E-state index is 5.97. The van der Waals surface area contributed by atoms with Gasteiger partial charge in [0.25, 0.3) is 0 Å². The van der Waals surface area contributed by atoms with Gasteiger partial charge >= 0.3 is 0 Å². The SMILES string of the molecule is C#CCCCC(N)c1cc(Cl)sc1Cl. The Labute approximate surface area is 98.2 Å². The number of nitrogens with two attached hydrogens (primary N) is 1. The van der Waals surface area contributed by atoms with E-state index >= 15 is 0 Å². The Morgan fingerprint density at radius 2 is 2.29 bits per heavy atom. The van der Waals surface area contributed by atoms with Crippen molar-refractivity contribution in [3.63, 3.8) is 0 Å². The summed E-state index contributed by atoms with van der Waals surface area (Å²) in [6.07, 6.45) is 7.67. The minimum absolute atomic E-state index is 0.0559. The van der Waals surface area contributed by atoms with Gasteiger partial charge in [0.15, 0.2) is 0 Å². The first-order valence-corrected chi connectivity index (χ1v) is 5.86.